The highest BCUT2D eigenvalue weighted by molar-refractivity contribution is 5.74. The molecule has 1 saturated heterocycles. The van der Waals surface area contributed by atoms with Crippen LogP contribution in [-0.2, 0) is 4.79 Å². The average molecular weight is 116 g/mol. The Hall–Kier alpha value is -0.610. The number of nitrogens with one attached hydrogen (secondary N) is 2. The molecular weight excluding hydrogens is 108 g/mol. The van der Waals surface area contributed by atoms with E-state index >= 15 is 0 Å². The Morgan fingerprint density at radius 1 is 1.75 bits per heavy atom. The largest absolute Gasteiger partial charge is 0.480 e. The van der Waals surface area contributed by atoms with Gasteiger partial charge in [0.25, 0.3) is 0 Å². The topological polar surface area (TPSA) is 61.4 Å². The van der Waals surface area contributed by atoms with Gasteiger partial charge in [-0.15, -0.1) is 0 Å². The summed E-state index contributed by atoms with van der Waals surface area (Å²) in [5, 5.41) is 13.9. The number of hydrogen-bond acceptors (Lipinski definition) is 3. The van der Waals surface area contributed by atoms with Gasteiger partial charge in [0.05, 0.1) is 0 Å². The summed E-state index contributed by atoms with van der Waals surface area (Å²) in [4.78, 5) is 10.1. The summed E-state index contributed by atoms with van der Waals surface area (Å²) in [7, 11) is 0. The number of rotatable bonds is 1. The van der Waals surface area contributed by atoms with Crippen molar-refractivity contribution in [3.05, 3.63) is 0 Å². The highest BCUT2D eigenvalue weighted by atomic mass is 16.4. The first-order valence-electron chi connectivity index (χ1n) is 2.47. The number of carboxylic acid groups (broad SMARTS) is 1. The molecule has 1 atom stereocenters. The van der Waals surface area contributed by atoms with Crippen molar-refractivity contribution in [2.75, 3.05) is 13.2 Å². The van der Waals surface area contributed by atoms with Crippen LogP contribution in [0.2, 0.25) is 0 Å². The monoisotopic (exact) mass is 116 g/mol. The second-order valence-electron chi connectivity index (χ2n) is 1.73. The van der Waals surface area contributed by atoms with Gasteiger partial charge in [-0.05, 0) is 0 Å². The van der Waals surface area contributed by atoms with Crippen molar-refractivity contribution in [1.29, 1.82) is 0 Å². The van der Waals surface area contributed by atoms with E-state index in [0.717, 1.165) is 0 Å². The van der Waals surface area contributed by atoms with E-state index in [0.29, 0.717) is 13.2 Å². The van der Waals surface area contributed by atoms with Gasteiger partial charge < -0.3 is 10.4 Å². The summed E-state index contributed by atoms with van der Waals surface area (Å²) in [6, 6.07) is -0.380. The van der Waals surface area contributed by atoms with E-state index in [1.165, 1.54) is 0 Å². The van der Waals surface area contributed by atoms with Crippen molar-refractivity contribution >= 4 is 5.97 Å². The third kappa shape index (κ3) is 0.962. The molecule has 0 amide bonds. The lowest BCUT2D eigenvalue weighted by Crippen LogP contribution is -2.32. The maximum atomic E-state index is 10.1. The smallest absolute Gasteiger partial charge is 0.322 e. The van der Waals surface area contributed by atoms with Gasteiger partial charge in [-0.3, -0.25) is 10.1 Å². The van der Waals surface area contributed by atoms with E-state index in [1.807, 2.05) is 0 Å². The summed E-state index contributed by atoms with van der Waals surface area (Å²) in [6.45, 7) is 1.15. The van der Waals surface area contributed by atoms with Crippen molar-refractivity contribution in [1.82, 2.24) is 10.6 Å². The van der Waals surface area contributed by atoms with Crippen molar-refractivity contribution < 1.29 is 9.90 Å². The van der Waals surface area contributed by atoms with Crippen molar-refractivity contribution in [3.63, 3.8) is 0 Å². The molecule has 1 fully saturated rings. The molecule has 0 aliphatic carbocycles. The molecule has 4 heteroatoms. The molecule has 1 aliphatic rings. The van der Waals surface area contributed by atoms with Gasteiger partial charge in [-0.2, -0.15) is 0 Å². The molecule has 1 rings (SSSR count). The van der Waals surface area contributed by atoms with Crippen LogP contribution in [0.15, 0.2) is 0 Å². The normalized spacial score (nSPS) is 28.2. The maximum Gasteiger partial charge on any atom is 0.322 e. The summed E-state index contributed by atoms with van der Waals surface area (Å²) < 4.78 is 0. The lowest BCUT2D eigenvalue weighted by Gasteiger charge is -1.98. The molecule has 0 bridgehead atoms. The standard InChI is InChI=1S/C4H8N2O2/c7-4(8)3-1-5-2-6-3/h3,5-6H,1-2H2,(H,7,8)/t3-/m1/s1. The summed E-state index contributed by atoms with van der Waals surface area (Å²) in [5.41, 5.74) is 0. The van der Waals surface area contributed by atoms with E-state index < -0.39 is 5.97 Å². The molecule has 1 heterocycles. The van der Waals surface area contributed by atoms with Crippen molar-refractivity contribution in [2.45, 2.75) is 6.04 Å². The second-order valence-corrected chi connectivity index (χ2v) is 1.73. The molecule has 0 aromatic carbocycles. The van der Waals surface area contributed by atoms with Gasteiger partial charge >= 0.3 is 5.97 Å². The third-order valence-electron chi connectivity index (χ3n) is 1.12. The second kappa shape index (κ2) is 2.11. The minimum absolute atomic E-state index is 0.380. The highest BCUT2D eigenvalue weighted by Gasteiger charge is 2.19. The molecule has 0 unspecified atom stereocenters. The van der Waals surface area contributed by atoms with E-state index in [9.17, 15) is 4.79 Å². The summed E-state index contributed by atoms with van der Waals surface area (Å²) >= 11 is 0. The molecule has 0 aromatic rings. The fourth-order valence-corrected chi connectivity index (χ4v) is 0.659. The first-order valence-corrected chi connectivity index (χ1v) is 2.47. The van der Waals surface area contributed by atoms with Crippen LogP contribution in [0.5, 0.6) is 0 Å². The van der Waals surface area contributed by atoms with E-state index in [2.05, 4.69) is 10.6 Å². The molecule has 0 saturated carbocycles. The van der Waals surface area contributed by atoms with E-state index in [4.69, 9.17) is 5.11 Å². The predicted molar refractivity (Wildman–Crippen MR) is 27.4 cm³/mol. The predicted octanol–water partition coefficient (Wildman–Crippen LogP) is -1.41. The van der Waals surface area contributed by atoms with Gasteiger partial charge in [-0.25, -0.2) is 0 Å². The Morgan fingerprint density at radius 3 is 2.75 bits per heavy atom. The van der Waals surface area contributed by atoms with E-state index in [1.54, 1.807) is 0 Å². The van der Waals surface area contributed by atoms with Crippen molar-refractivity contribution in [2.24, 2.45) is 0 Å². The molecule has 4 nitrogen and oxygen atoms in total. The zero-order valence-electron chi connectivity index (χ0n) is 4.35. The number of carboxylic acids is 1. The van der Waals surface area contributed by atoms with Crippen LogP contribution in [-0.4, -0.2) is 30.3 Å². The molecular formula is C4H8N2O2. The molecule has 0 spiro atoms. The van der Waals surface area contributed by atoms with Gasteiger partial charge in [0.15, 0.2) is 0 Å². The Kier molecular flexibility index (Phi) is 1.45. The van der Waals surface area contributed by atoms with Crippen LogP contribution in [0.3, 0.4) is 0 Å². The summed E-state index contributed by atoms with van der Waals surface area (Å²) in [5.74, 6) is -0.782. The van der Waals surface area contributed by atoms with E-state index in [-0.39, 0.29) is 6.04 Å². The number of hydrogen-bond donors (Lipinski definition) is 3. The quantitative estimate of drug-likeness (QED) is 0.394. The first kappa shape index (κ1) is 5.53. The number of aliphatic carboxylic acids is 1. The van der Waals surface area contributed by atoms with Gasteiger partial charge in [0.2, 0.25) is 0 Å². The average Bonchev–Trinajstić information content (AvgIpc) is 2.12. The highest BCUT2D eigenvalue weighted by Crippen LogP contribution is 1.85. The van der Waals surface area contributed by atoms with Crippen LogP contribution < -0.4 is 10.6 Å². The third-order valence-corrected chi connectivity index (χ3v) is 1.12. The fraction of sp³-hybridized carbons (Fsp3) is 0.750. The molecule has 8 heavy (non-hydrogen) atoms. The van der Waals surface area contributed by atoms with Crippen LogP contribution in [0.1, 0.15) is 0 Å². The van der Waals surface area contributed by atoms with Gasteiger partial charge in [-0.1, -0.05) is 0 Å². The Labute approximate surface area is 46.9 Å². The van der Waals surface area contributed by atoms with Gasteiger partial charge in [0.1, 0.15) is 6.04 Å². The number of carbonyl (C=O) groups is 1. The lowest BCUT2D eigenvalue weighted by atomic mass is 10.3. The van der Waals surface area contributed by atoms with Crippen molar-refractivity contribution in [3.8, 4) is 0 Å². The SMILES string of the molecule is O=C(O)[C@H]1CNCN1. The first-order chi connectivity index (χ1) is 3.80. The Bertz CT molecular complexity index is 98.2. The minimum atomic E-state index is -0.782. The molecule has 0 aromatic heterocycles. The summed E-state index contributed by atoms with van der Waals surface area (Å²) in [6.07, 6.45) is 0. The van der Waals surface area contributed by atoms with Crippen LogP contribution in [0.4, 0.5) is 0 Å². The van der Waals surface area contributed by atoms with Crippen LogP contribution in [0, 0.1) is 0 Å². The lowest BCUT2D eigenvalue weighted by molar-refractivity contribution is -0.138. The zero-order valence-corrected chi connectivity index (χ0v) is 4.35. The molecule has 1 aliphatic heterocycles. The van der Waals surface area contributed by atoms with Crippen LogP contribution >= 0.6 is 0 Å². The van der Waals surface area contributed by atoms with Gasteiger partial charge in [0, 0.05) is 13.2 Å². The Morgan fingerprint density at radius 2 is 2.50 bits per heavy atom. The molecule has 46 valence electrons. The maximum absolute atomic E-state index is 10.1. The molecule has 3 N–H and O–H groups in total. The zero-order chi connectivity index (χ0) is 5.98. The minimum Gasteiger partial charge on any atom is -0.480 e. The molecule has 0 radical (unpaired) electrons. The fourth-order valence-electron chi connectivity index (χ4n) is 0.659. The van der Waals surface area contributed by atoms with Crippen LogP contribution in [0.25, 0.3) is 0 Å². The Balaban J connectivity index is 2.35.